The molecule has 0 aliphatic carbocycles. The number of nitrogens with zero attached hydrogens (tertiary/aromatic N) is 4. The summed E-state index contributed by atoms with van der Waals surface area (Å²) in [5, 5.41) is 4.83. The zero-order valence-corrected chi connectivity index (χ0v) is 21.2. The van der Waals surface area contributed by atoms with Crippen LogP contribution < -0.4 is 4.74 Å². The average molecular weight is 487 g/mol. The number of hydrogen-bond acceptors (Lipinski definition) is 4. The fourth-order valence-electron chi connectivity index (χ4n) is 5.22. The lowest BCUT2D eigenvalue weighted by molar-refractivity contribution is -0.137. The lowest BCUT2D eigenvalue weighted by Gasteiger charge is -2.35. The predicted octanol–water partition coefficient (Wildman–Crippen LogP) is 4.72. The summed E-state index contributed by atoms with van der Waals surface area (Å²) in [4.78, 5) is 30.7. The van der Waals surface area contributed by atoms with Crippen molar-refractivity contribution < 1.29 is 14.3 Å². The van der Waals surface area contributed by atoms with Crippen LogP contribution in [-0.4, -0.2) is 64.7 Å². The van der Waals surface area contributed by atoms with Gasteiger partial charge < -0.3 is 14.5 Å². The van der Waals surface area contributed by atoms with Crippen molar-refractivity contribution in [2.75, 3.05) is 33.3 Å². The molecule has 3 aromatic rings. The third-order valence-electron chi connectivity index (χ3n) is 7.39. The Morgan fingerprint density at radius 2 is 1.64 bits per heavy atom. The van der Waals surface area contributed by atoms with Crippen LogP contribution in [0.5, 0.6) is 5.75 Å². The van der Waals surface area contributed by atoms with E-state index in [0.29, 0.717) is 42.9 Å². The monoisotopic (exact) mass is 486 g/mol. The van der Waals surface area contributed by atoms with Gasteiger partial charge in [0.25, 0.3) is 5.91 Å². The fraction of sp³-hybridized carbons (Fsp3) is 0.414. The molecule has 2 aliphatic rings. The van der Waals surface area contributed by atoms with E-state index in [1.165, 1.54) is 6.42 Å². The second kappa shape index (κ2) is 10.6. The van der Waals surface area contributed by atoms with Gasteiger partial charge in [-0.05, 0) is 63.3 Å². The standard InChI is InChI=1S/C29H34N4O3/c1-21-9-11-24(12-10-21)33-20-26(27(30-33)23-7-6-8-25(19-23)36-2)29(35)32-17-13-22(14-18-32)28(34)31-15-4-3-5-16-31/h6-12,19-20,22H,3-5,13-18H2,1-2H3. The summed E-state index contributed by atoms with van der Waals surface area (Å²) in [7, 11) is 1.63. The number of hydrogen-bond donors (Lipinski definition) is 0. The second-order valence-electron chi connectivity index (χ2n) is 9.86. The summed E-state index contributed by atoms with van der Waals surface area (Å²) in [6.07, 6.45) is 6.65. The molecule has 2 fully saturated rings. The van der Waals surface area contributed by atoms with Crippen LogP contribution in [0.15, 0.2) is 54.7 Å². The third kappa shape index (κ3) is 5.01. The van der Waals surface area contributed by atoms with Crippen molar-refractivity contribution in [3.63, 3.8) is 0 Å². The number of ether oxygens (including phenoxy) is 1. The van der Waals surface area contributed by atoms with Gasteiger partial charge in [-0.25, -0.2) is 4.68 Å². The van der Waals surface area contributed by atoms with E-state index in [9.17, 15) is 9.59 Å². The van der Waals surface area contributed by atoms with Gasteiger partial charge in [0.05, 0.1) is 18.4 Å². The maximum absolute atomic E-state index is 13.8. The first-order valence-corrected chi connectivity index (χ1v) is 12.9. The highest BCUT2D eigenvalue weighted by Crippen LogP contribution is 2.30. The first-order valence-electron chi connectivity index (χ1n) is 12.9. The van der Waals surface area contributed by atoms with Crippen molar-refractivity contribution in [3.8, 4) is 22.7 Å². The maximum Gasteiger partial charge on any atom is 0.257 e. The molecule has 0 unspecified atom stereocenters. The van der Waals surface area contributed by atoms with Crippen LogP contribution in [0.3, 0.4) is 0 Å². The van der Waals surface area contributed by atoms with Crippen LogP contribution in [-0.2, 0) is 4.79 Å². The zero-order chi connectivity index (χ0) is 25.1. The Balaban J connectivity index is 1.39. The van der Waals surface area contributed by atoms with Crippen molar-refractivity contribution in [2.45, 2.75) is 39.0 Å². The molecule has 3 heterocycles. The normalized spacial score (nSPS) is 16.7. The van der Waals surface area contributed by atoms with E-state index in [4.69, 9.17) is 9.84 Å². The molecule has 36 heavy (non-hydrogen) atoms. The van der Waals surface area contributed by atoms with Gasteiger partial charge in [0.2, 0.25) is 5.91 Å². The quantitative estimate of drug-likeness (QED) is 0.523. The number of carbonyl (C=O) groups is 2. The smallest absolute Gasteiger partial charge is 0.257 e. The largest absolute Gasteiger partial charge is 0.497 e. The first kappa shape index (κ1) is 24.1. The number of rotatable bonds is 5. The van der Waals surface area contributed by atoms with E-state index in [-0.39, 0.29) is 17.7 Å². The summed E-state index contributed by atoms with van der Waals surface area (Å²) in [6, 6.07) is 15.7. The van der Waals surface area contributed by atoms with Gasteiger partial charge in [-0.3, -0.25) is 9.59 Å². The van der Waals surface area contributed by atoms with Crippen LogP contribution in [0.2, 0.25) is 0 Å². The number of amides is 2. The second-order valence-corrected chi connectivity index (χ2v) is 9.86. The van der Waals surface area contributed by atoms with E-state index < -0.39 is 0 Å². The lowest BCUT2D eigenvalue weighted by Crippen LogP contribution is -2.45. The molecule has 7 heteroatoms. The Labute approximate surface area is 212 Å². The van der Waals surface area contributed by atoms with Gasteiger partial charge in [-0.2, -0.15) is 5.10 Å². The highest BCUT2D eigenvalue weighted by molar-refractivity contribution is 6.00. The van der Waals surface area contributed by atoms with Gasteiger partial charge >= 0.3 is 0 Å². The molecule has 7 nitrogen and oxygen atoms in total. The summed E-state index contributed by atoms with van der Waals surface area (Å²) >= 11 is 0. The molecule has 2 saturated heterocycles. The topological polar surface area (TPSA) is 67.7 Å². The fourth-order valence-corrected chi connectivity index (χ4v) is 5.22. The van der Waals surface area contributed by atoms with Crippen LogP contribution in [0, 0.1) is 12.8 Å². The third-order valence-corrected chi connectivity index (χ3v) is 7.39. The average Bonchev–Trinajstić information content (AvgIpc) is 3.39. The molecule has 0 atom stereocenters. The van der Waals surface area contributed by atoms with Crippen molar-refractivity contribution >= 4 is 11.8 Å². The van der Waals surface area contributed by atoms with E-state index in [1.54, 1.807) is 11.8 Å². The molecule has 2 aromatic carbocycles. The van der Waals surface area contributed by atoms with Gasteiger partial charge in [0, 0.05) is 43.9 Å². The summed E-state index contributed by atoms with van der Waals surface area (Å²) in [5.41, 5.74) is 4.08. The predicted molar refractivity (Wildman–Crippen MR) is 139 cm³/mol. The zero-order valence-electron chi connectivity index (χ0n) is 21.2. The molecule has 188 valence electrons. The van der Waals surface area contributed by atoms with Gasteiger partial charge in [0.15, 0.2) is 0 Å². The molecule has 0 bridgehead atoms. The van der Waals surface area contributed by atoms with Crippen LogP contribution in [0.1, 0.15) is 48.0 Å². The molecule has 0 radical (unpaired) electrons. The maximum atomic E-state index is 13.8. The Morgan fingerprint density at radius 1 is 0.917 bits per heavy atom. The number of piperidine rings is 2. The molecule has 2 aliphatic heterocycles. The van der Waals surface area contributed by atoms with E-state index in [2.05, 4.69) is 0 Å². The lowest BCUT2D eigenvalue weighted by atomic mass is 9.93. The highest BCUT2D eigenvalue weighted by Gasteiger charge is 2.32. The van der Waals surface area contributed by atoms with Crippen molar-refractivity contribution in [2.24, 2.45) is 5.92 Å². The number of likely N-dealkylation sites (tertiary alicyclic amines) is 2. The molecule has 0 spiro atoms. The number of benzene rings is 2. The Morgan fingerprint density at radius 3 is 2.33 bits per heavy atom. The van der Waals surface area contributed by atoms with Gasteiger partial charge in [-0.15, -0.1) is 0 Å². The molecule has 2 amide bonds. The van der Waals surface area contributed by atoms with Crippen molar-refractivity contribution in [1.29, 1.82) is 0 Å². The van der Waals surface area contributed by atoms with Crippen molar-refractivity contribution in [1.82, 2.24) is 19.6 Å². The minimum atomic E-state index is -0.0462. The Kier molecular flexibility index (Phi) is 7.07. The summed E-state index contributed by atoms with van der Waals surface area (Å²) < 4.78 is 7.19. The number of carbonyl (C=O) groups excluding carboxylic acids is 2. The van der Waals surface area contributed by atoms with E-state index in [0.717, 1.165) is 42.7 Å². The van der Waals surface area contributed by atoms with Crippen LogP contribution >= 0.6 is 0 Å². The molecular formula is C29H34N4O3. The molecular weight excluding hydrogens is 452 g/mol. The molecule has 1 aromatic heterocycles. The number of methoxy groups -OCH3 is 1. The number of aryl methyl sites for hydroxylation is 1. The van der Waals surface area contributed by atoms with Crippen LogP contribution in [0.4, 0.5) is 0 Å². The Bertz CT molecular complexity index is 1220. The summed E-state index contributed by atoms with van der Waals surface area (Å²) in [6.45, 7) is 4.95. The highest BCUT2D eigenvalue weighted by atomic mass is 16.5. The SMILES string of the molecule is COc1cccc(-c2nn(-c3ccc(C)cc3)cc2C(=O)N2CCC(C(=O)N3CCCCC3)CC2)c1. The van der Waals surface area contributed by atoms with Gasteiger partial charge in [0.1, 0.15) is 11.4 Å². The molecule has 0 saturated carbocycles. The minimum Gasteiger partial charge on any atom is -0.497 e. The first-order chi connectivity index (χ1) is 17.5. The molecule has 0 N–H and O–H groups in total. The minimum absolute atomic E-state index is 0.0142. The van der Waals surface area contributed by atoms with E-state index in [1.807, 2.05) is 71.5 Å². The number of aromatic nitrogens is 2. The van der Waals surface area contributed by atoms with Crippen LogP contribution in [0.25, 0.3) is 16.9 Å². The van der Waals surface area contributed by atoms with E-state index >= 15 is 0 Å². The van der Waals surface area contributed by atoms with Gasteiger partial charge in [-0.1, -0.05) is 29.8 Å². The Hall–Kier alpha value is -3.61. The van der Waals surface area contributed by atoms with Crippen molar-refractivity contribution in [3.05, 3.63) is 65.9 Å². The summed E-state index contributed by atoms with van der Waals surface area (Å²) in [5.74, 6) is 0.953. The molecule has 5 rings (SSSR count).